The summed E-state index contributed by atoms with van der Waals surface area (Å²) in [7, 11) is 0. The number of rotatable bonds is 4. The summed E-state index contributed by atoms with van der Waals surface area (Å²) in [6, 6.07) is 7.71. The highest BCUT2D eigenvalue weighted by atomic mass is 32.1. The Hall–Kier alpha value is -3.13. The van der Waals surface area contributed by atoms with Crippen LogP contribution < -0.4 is 10.9 Å². The highest BCUT2D eigenvalue weighted by molar-refractivity contribution is 7.14. The topological polar surface area (TPSA) is 113 Å². The van der Waals surface area contributed by atoms with Crippen LogP contribution in [0.2, 0.25) is 0 Å². The number of carbonyl (C=O) groups is 2. The smallest absolute Gasteiger partial charge is 0.341 e. The van der Waals surface area contributed by atoms with Gasteiger partial charge < -0.3 is 19.6 Å². The first-order valence-corrected chi connectivity index (χ1v) is 8.25. The van der Waals surface area contributed by atoms with Gasteiger partial charge in [0.2, 0.25) is 5.55 Å². The van der Waals surface area contributed by atoms with Gasteiger partial charge >= 0.3 is 5.97 Å². The van der Waals surface area contributed by atoms with Gasteiger partial charge in [-0.25, -0.2) is 4.79 Å². The number of phenols is 1. The van der Waals surface area contributed by atoms with E-state index in [-0.39, 0.29) is 34.6 Å². The van der Waals surface area contributed by atoms with Gasteiger partial charge in [-0.05, 0) is 30.5 Å². The summed E-state index contributed by atoms with van der Waals surface area (Å²) < 4.78 is 10.2. The molecule has 8 heteroatoms. The molecule has 0 radical (unpaired) electrons. The first-order chi connectivity index (χ1) is 12.0. The molecule has 0 aliphatic carbocycles. The molecule has 0 spiro atoms. The van der Waals surface area contributed by atoms with E-state index in [1.807, 2.05) is 0 Å². The zero-order valence-electron chi connectivity index (χ0n) is 13.2. The van der Waals surface area contributed by atoms with E-state index < -0.39 is 11.9 Å². The van der Waals surface area contributed by atoms with Crippen LogP contribution in [0.25, 0.3) is 11.0 Å². The van der Waals surface area contributed by atoms with Gasteiger partial charge in [-0.3, -0.25) is 10.2 Å². The number of anilines is 1. The van der Waals surface area contributed by atoms with E-state index in [4.69, 9.17) is 14.6 Å². The summed E-state index contributed by atoms with van der Waals surface area (Å²) in [5.74, 6) is -1.23. The Bertz CT molecular complexity index is 1020. The number of hydrogen-bond acceptors (Lipinski definition) is 7. The standard InChI is InChI=1S/C17H14N2O5S/c1-2-23-17(22)10-6-7-25-16(10)19-15(21)11-8-9-4-3-5-12(20)13(9)24-14(11)18/h3-8,18,20H,2H2,1H3,(H,19,21). The molecule has 2 aromatic heterocycles. The molecule has 7 nitrogen and oxygen atoms in total. The van der Waals surface area contributed by atoms with Gasteiger partial charge in [-0.15, -0.1) is 11.3 Å². The molecule has 0 aliphatic rings. The number of nitrogens with one attached hydrogen (secondary N) is 2. The first kappa shape index (κ1) is 16.7. The Kier molecular flexibility index (Phi) is 4.53. The Morgan fingerprint density at radius 1 is 1.32 bits per heavy atom. The number of benzene rings is 1. The molecule has 0 saturated heterocycles. The predicted molar refractivity (Wildman–Crippen MR) is 92.0 cm³/mol. The van der Waals surface area contributed by atoms with Crippen molar-refractivity contribution in [2.24, 2.45) is 0 Å². The number of para-hydroxylation sites is 1. The molecule has 0 unspecified atom stereocenters. The third kappa shape index (κ3) is 3.24. The largest absolute Gasteiger partial charge is 0.504 e. The van der Waals surface area contributed by atoms with Crippen LogP contribution in [-0.2, 0) is 4.74 Å². The maximum atomic E-state index is 12.5. The fourth-order valence-corrected chi connectivity index (χ4v) is 3.03. The monoisotopic (exact) mass is 358 g/mol. The van der Waals surface area contributed by atoms with Crippen molar-refractivity contribution in [1.29, 1.82) is 5.41 Å². The number of amides is 1. The van der Waals surface area contributed by atoms with Crippen molar-refractivity contribution >= 4 is 39.2 Å². The summed E-state index contributed by atoms with van der Waals surface area (Å²) in [6.45, 7) is 1.92. The minimum absolute atomic E-state index is 0.0127. The van der Waals surface area contributed by atoms with Crippen molar-refractivity contribution in [2.75, 3.05) is 11.9 Å². The molecule has 1 aromatic carbocycles. The van der Waals surface area contributed by atoms with Crippen LogP contribution in [0.15, 0.2) is 40.1 Å². The number of hydrogen-bond donors (Lipinski definition) is 3. The minimum Gasteiger partial charge on any atom is -0.504 e. The molecule has 3 N–H and O–H groups in total. The van der Waals surface area contributed by atoms with E-state index in [0.29, 0.717) is 10.4 Å². The summed E-state index contributed by atoms with van der Waals surface area (Å²) in [6.07, 6.45) is 0. The minimum atomic E-state index is -0.591. The normalized spacial score (nSPS) is 10.6. The zero-order chi connectivity index (χ0) is 18.0. The fraction of sp³-hybridized carbons (Fsp3) is 0.118. The lowest BCUT2D eigenvalue weighted by atomic mass is 10.1. The first-order valence-electron chi connectivity index (χ1n) is 7.37. The fourth-order valence-electron chi connectivity index (χ4n) is 2.26. The van der Waals surface area contributed by atoms with Crippen LogP contribution in [-0.4, -0.2) is 23.6 Å². The molecular formula is C17H14N2O5S. The van der Waals surface area contributed by atoms with Crippen molar-refractivity contribution in [2.45, 2.75) is 6.92 Å². The Morgan fingerprint density at radius 3 is 2.88 bits per heavy atom. The lowest BCUT2D eigenvalue weighted by molar-refractivity contribution is 0.0528. The van der Waals surface area contributed by atoms with Crippen LogP contribution in [0.1, 0.15) is 27.6 Å². The Balaban J connectivity index is 1.94. The molecule has 128 valence electrons. The molecule has 25 heavy (non-hydrogen) atoms. The van der Waals surface area contributed by atoms with E-state index in [2.05, 4.69) is 5.32 Å². The van der Waals surface area contributed by atoms with E-state index in [0.717, 1.165) is 0 Å². The number of ether oxygens (including phenoxy) is 1. The highest BCUT2D eigenvalue weighted by Gasteiger charge is 2.19. The molecule has 0 bridgehead atoms. The third-order valence-electron chi connectivity index (χ3n) is 3.41. The molecule has 1 amide bonds. The van der Waals surface area contributed by atoms with Crippen molar-refractivity contribution in [3.05, 3.63) is 52.4 Å². The van der Waals surface area contributed by atoms with Crippen LogP contribution in [0, 0.1) is 5.41 Å². The maximum absolute atomic E-state index is 12.5. The second-order valence-corrected chi connectivity index (χ2v) is 5.94. The van der Waals surface area contributed by atoms with Gasteiger partial charge in [0.25, 0.3) is 5.91 Å². The number of fused-ring (bicyclic) bond motifs is 1. The maximum Gasteiger partial charge on any atom is 0.341 e. The quantitative estimate of drug-likeness (QED) is 0.620. The zero-order valence-corrected chi connectivity index (χ0v) is 14.0. The van der Waals surface area contributed by atoms with Gasteiger partial charge in [0.1, 0.15) is 10.6 Å². The Morgan fingerprint density at radius 2 is 2.12 bits per heavy atom. The summed E-state index contributed by atoms with van der Waals surface area (Å²) in [4.78, 5) is 24.4. The second kappa shape index (κ2) is 6.78. The Labute approximate surface area is 146 Å². The van der Waals surface area contributed by atoms with E-state index in [9.17, 15) is 14.7 Å². The number of thiophene rings is 1. The number of phenolic OH excluding ortho intramolecular Hbond substituents is 1. The van der Waals surface area contributed by atoms with E-state index in [1.54, 1.807) is 30.5 Å². The molecule has 0 saturated carbocycles. The molecule has 3 rings (SSSR count). The third-order valence-corrected chi connectivity index (χ3v) is 4.24. The SMILES string of the molecule is CCOC(=O)c1ccsc1NC(=O)c1cc2cccc(O)c2oc1=N. The highest BCUT2D eigenvalue weighted by Crippen LogP contribution is 2.26. The molecule has 2 heterocycles. The van der Waals surface area contributed by atoms with E-state index in [1.165, 1.54) is 23.5 Å². The summed E-state index contributed by atoms with van der Waals surface area (Å²) >= 11 is 1.17. The number of aromatic hydroxyl groups is 1. The number of esters is 1. The molecule has 0 atom stereocenters. The van der Waals surface area contributed by atoms with Gasteiger partial charge in [0.05, 0.1) is 12.2 Å². The summed E-state index contributed by atoms with van der Waals surface area (Å²) in [5.41, 5.74) is -0.0171. The lowest BCUT2D eigenvalue weighted by Gasteiger charge is -2.07. The number of carbonyl (C=O) groups excluding carboxylic acids is 2. The molecule has 3 aromatic rings. The van der Waals surface area contributed by atoms with Gasteiger partial charge in [0.15, 0.2) is 11.3 Å². The molecule has 0 fully saturated rings. The van der Waals surface area contributed by atoms with Crippen molar-refractivity contribution in [3.8, 4) is 5.75 Å². The van der Waals surface area contributed by atoms with Crippen molar-refractivity contribution in [3.63, 3.8) is 0 Å². The predicted octanol–water partition coefficient (Wildman–Crippen LogP) is 3.11. The van der Waals surface area contributed by atoms with Crippen LogP contribution in [0.4, 0.5) is 5.00 Å². The second-order valence-electron chi connectivity index (χ2n) is 5.02. The average Bonchev–Trinajstić information content (AvgIpc) is 3.03. The van der Waals surface area contributed by atoms with Crippen LogP contribution >= 0.6 is 11.3 Å². The molecular weight excluding hydrogens is 344 g/mol. The average molecular weight is 358 g/mol. The van der Waals surface area contributed by atoms with E-state index >= 15 is 0 Å². The molecule has 0 aliphatic heterocycles. The van der Waals surface area contributed by atoms with Crippen molar-refractivity contribution in [1.82, 2.24) is 0 Å². The van der Waals surface area contributed by atoms with Gasteiger partial charge in [-0.2, -0.15) is 0 Å². The van der Waals surface area contributed by atoms with Crippen LogP contribution in [0.5, 0.6) is 5.75 Å². The lowest BCUT2D eigenvalue weighted by Crippen LogP contribution is -2.21. The van der Waals surface area contributed by atoms with Crippen molar-refractivity contribution < 1.29 is 23.8 Å². The van der Waals surface area contributed by atoms with Gasteiger partial charge in [0, 0.05) is 5.39 Å². The van der Waals surface area contributed by atoms with Crippen LogP contribution in [0.3, 0.4) is 0 Å². The summed E-state index contributed by atoms with van der Waals surface area (Å²) in [5, 5.41) is 22.7. The van der Waals surface area contributed by atoms with Gasteiger partial charge in [-0.1, -0.05) is 12.1 Å².